The zero-order valence-electron chi connectivity index (χ0n) is 19.1. The summed E-state index contributed by atoms with van der Waals surface area (Å²) < 4.78 is 5.80. The average molecular weight is 476 g/mol. The molecular weight excluding hydrogens is 450 g/mol. The van der Waals surface area contributed by atoms with E-state index in [1.807, 2.05) is 47.4 Å². The van der Waals surface area contributed by atoms with Crippen LogP contribution in [0, 0.1) is 0 Å². The molecule has 2 aromatic rings. The van der Waals surface area contributed by atoms with E-state index in [2.05, 4.69) is 0 Å². The molecule has 180 valence electrons. The van der Waals surface area contributed by atoms with Gasteiger partial charge in [-0.3, -0.25) is 14.5 Å². The Morgan fingerprint density at radius 1 is 0.886 bits per heavy atom. The third-order valence-electron chi connectivity index (χ3n) is 7.83. The average Bonchev–Trinajstić information content (AvgIpc) is 3.50. The predicted octanol–water partition coefficient (Wildman–Crippen LogP) is 2.34. The summed E-state index contributed by atoms with van der Waals surface area (Å²) in [6.45, 7) is 1.28. The minimum atomic E-state index is -1.10. The number of amides is 3. The Balaban J connectivity index is 1.18. The summed E-state index contributed by atoms with van der Waals surface area (Å²) in [6, 6.07) is 14.9. The van der Waals surface area contributed by atoms with Crippen LogP contribution in [0.5, 0.6) is 0 Å². The van der Waals surface area contributed by atoms with Crippen molar-refractivity contribution >= 4 is 29.6 Å². The molecule has 3 heterocycles. The minimum absolute atomic E-state index is 0.0497. The topological polar surface area (TPSA) is 107 Å². The van der Waals surface area contributed by atoms with Gasteiger partial charge in [-0.2, -0.15) is 0 Å². The number of nitrogens with zero attached hydrogens (tertiary/aromatic N) is 3. The third-order valence-corrected chi connectivity index (χ3v) is 7.83. The Morgan fingerprint density at radius 3 is 2.31 bits per heavy atom. The molecule has 6 rings (SSSR count). The maximum atomic E-state index is 13.7. The summed E-state index contributed by atoms with van der Waals surface area (Å²) in [6.07, 6.45) is 0.992. The number of anilines is 1. The van der Waals surface area contributed by atoms with E-state index in [1.165, 1.54) is 0 Å². The molecule has 1 spiro atoms. The number of likely N-dealkylation sites (tertiary alicyclic amines) is 1. The molecule has 35 heavy (non-hydrogen) atoms. The highest BCUT2D eigenvalue weighted by atomic mass is 16.6. The molecule has 1 atom stereocenters. The lowest BCUT2D eigenvalue weighted by Crippen LogP contribution is -2.52. The van der Waals surface area contributed by atoms with Gasteiger partial charge in [-0.05, 0) is 36.6 Å². The first kappa shape index (κ1) is 21.6. The summed E-state index contributed by atoms with van der Waals surface area (Å²) in [4.78, 5) is 54.1. The lowest BCUT2D eigenvalue weighted by atomic mass is 9.91. The van der Waals surface area contributed by atoms with Crippen LogP contribution in [0.2, 0.25) is 0 Å². The molecule has 3 aliphatic heterocycles. The van der Waals surface area contributed by atoms with E-state index in [4.69, 9.17) is 9.84 Å². The van der Waals surface area contributed by atoms with Crippen LogP contribution >= 0.6 is 0 Å². The number of fused-ring (bicyclic) bond motifs is 2. The van der Waals surface area contributed by atoms with E-state index in [0.717, 1.165) is 28.9 Å². The number of hydrogen-bond acceptors (Lipinski definition) is 5. The van der Waals surface area contributed by atoms with E-state index in [0.29, 0.717) is 37.3 Å². The standard InChI is InChI=1S/C26H25N3O6/c30-21-15-27(24(33)34)13-14-29(21)18-7-5-17(6-8-18)25(9-10-25)23(32)28-12-11-26(16-28)20-4-2-1-3-19(20)22(31)35-26/h1-8H,9-16H2,(H,33,34). The summed E-state index contributed by atoms with van der Waals surface area (Å²) in [7, 11) is 0. The Kier molecular flexibility index (Phi) is 4.67. The van der Waals surface area contributed by atoms with Gasteiger partial charge in [0.2, 0.25) is 11.8 Å². The van der Waals surface area contributed by atoms with Gasteiger partial charge in [0.25, 0.3) is 0 Å². The Labute approximate surface area is 201 Å². The van der Waals surface area contributed by atoms with E-state index in [1.54, 1.807) is 11.0 Å². The second-order valence-corrected chi connectivity index (χ2v) is 9.78. The number of ether oxygens (including phenoxy) is 1. The summed E-state index contributed by atoms with van der Waals surface area (Å²) in [5.41, 5.74) is 1.70. The fourth-order valence-corrected chi connectivity index (χ4v) is 5.73. The van der Waals surface area contributed by atoms with Crippen molar-refractivity contribution < 1.29 is 29.0 Å². The van der Waals surface area contributed by atoms with Crippen molar-refractivity contribution in [3.8, 4) is 0 Å². The Bertz CT molecular complexity index is 1250. The summed E-state index contributed by atoms with van der Waals surface area (Å²) >= 11 is 0. The molecule has 9 heteroatoms. The molecule has 3 amide bonds. The van der Waals surface area contributed by atoms with Gasteiger partial charge in [-0.1, -0.05) is 30.3 Å². The lowest BCUT2D eigenvalue weighted by Gasteiger charge is -2.33. The molecule has 0 bridgehead atoms. The first-order valence-corrected chi connectivity index (χ1v) is 11.8. The zero-order chi connectivity index (χ0) is 24.4. The van der Waals surface area contributed by atoms with Crippen molar-refractivity contribution in [1.29, 1.82) is 0 Å². The summed E-state index contributed by atoms with van der Waals surface area (Å²) in [5, 5.41) is 9.11. The highest BCUT2D eigenvalue weighted by Crippen LogP contribution is 2.52. The quantitative estimate of drug-likeness (QED) is 0.683. The molecule has 9 nitrogen and oxygen atoms in total. The Hall–Kier alpha value is -3.88. The second kappa shape index (κ2) is 7.56. The highest BCUT2D eigenvalue weighted by molar-refractivity contribution is 5.98. The number of piperazine rings is 1. The monoisotopic (exact) mass is 475 g/mol. The molecular formula is C26H25N3O6. The fourth-order valence-electron chi connectivity index (χ4n) is 5.73. The number of hydrogen-bond donors (Lipinski definition) is 1. The number of rotatable bonds is 3. The van der Waals surface area contributed by atoms with Crippen LogP contribution in [-0.4, -0.2) is 71.5 Å². The predicted molar refractivity (Wildman–Crippen MR) is 124 cm³/mol. The molecule has 1 aliphatic carbocycles. The van der Waals surface area contributed by atoms with Crippen LogP contribution in [0.4, 0.5) is 10.5 Å². The van der Waals surface area contributed by atoms with Crippen molar-refractivity contribution in [1.82, 2.24) is 9.80 Å². The van der Waals surface area contributed by atoms with Crippen molar-refractivity contribution in [3.63, 3.8) is 0 Å². The molecule has 1 saturated carbocycles. The number of carbonyl (C=O) groups excluding carboxylic acids is 3. The third kappa shape index (κ3) is 3.29. The Morgan fingerprint density at radius 2 is 1.63 bits per heavy atom. The molecule has 4 aliphatic rings. The second-order valence-electron chi connectivity index (χ2n) is 9.78. The van der Waals surface area contributed by atoms with E-state index in [9.17, 15) is 19.2 Å². The van der Waals surface area contributed by atoms with Crippen LogP contribution in [0.15, 0.2) is 48.5 Å². The van der Waals surface area contributed by atoms with Crippen LogP contribution < -0.4 is 4.90 Å². The first-order valence-electron chi connectivity index (χ1n) is 11.8. The lowest BCUT2D eigenvalue weighted by molar-refractivity contribution is -0.134. The highest BCUT2D eigenvalue weighted by Gasteiger charge is 2.57. The van der Waals surface area contributed by atoms with Gasteiger partial charge in [0.1, 0.15) is 6.54 Å². The summed E-state index contributed by atoms with van der Waals surface area (Å²) in [5.74, 6) is -0.545. The normalized spacial score (nSPS) is 24.5. The molecule has 3 fully saturated rings. The van der Waals surface area contributed by atoms with Crippen LogP contribution in [0.25, 0.3) is 0 Å². The van der Waals surface area contributed by atoms with Gasteiger partial charge in [0.15, 0.2) is 5.60 Å². The molecule has 1 N–H and O–H groups in total. The van der Waals surface area contributed by atoms with E-state index < -0.39 is 17.1 Å². The fraction of sp³-hybridized carbons (Fsp3) is 0.385. The molecule has 0 aromatic heterocycles. The van der Waals surface area contributed by atoms with Gasteiger partial charge in [-0.25, -0.2) is 9.59 Å². The van der Waals surface area contributed by atoms with Crippen molar-refractivity contribution in [2.75, 3.05) is 37.6 Å². The zero-order valence-corrected chi connectivity index (χ0v) is 19.1. The van der Waals surface area contributed by atoms with Crippen molar-refractivity contribution in [2.24, 2.45) is 0 Å². The van der Waals surface area contributed by atoms with Gasteiger partial charge in [-0.15, -0.1) is 0 Å². The number of carboxylic acid groups (broad SMARTS) is 1. The minimum Gasteiger partial charge on any atom is -0.465 e. The van der Waals surface area contributed by atoms with E-state index >= 15 is 0 Å². The smallest absolute Gasteiger partial charge is 0.407 e. The maximum absolute atomic E-state index is 13.7. The van der Waals surface area contributed by atoms with Gasteiger partial charge in [0, 0.05) is 37.3 Å². The SMILES string of the molecule is O=C1OC2(CCN(C(=O)C3(c4ccc(N5CCN(C(=O)O)CC5=O)cc4)CC3)C2)c2ccccc21. The number of esters is 1. The van der Waals surface area contributed by atoms with Crippen LogP contribution in [-0.2, 0) is 25.3 Å². The van der Waals surface area contributed by atoms with Crippen molar-refractivity contribution in [3.05, 3.63) is 65.2 Å². The number of benzene rings is 2. The van der Waals surface area contributed by atoms with Gasteiger partial charge >= 0.3 is 12.1 Å². The molecule has 1 unspecified atom stereocenters. The van der Waals surface area contributed by atoms with Crippen LogP contribution in [0.3, 0.4) is 0 Å². The number of carbonyl (C=O) groups is 4. The molecule has 2 aromatic carbocycles. The molecule has 2 saturated heterocycles. The van der Waals surface area contributed by atoms with Crippen LogP contribution in [0.1, 0.15) is 40.7 Å². The first-order chi connectivity index (χ1) is 16.8. The van der Waals surface area contributed by atoms with Gasteiger partial charge in [0.05, 0.1) is 17.5 Å². The van der Waals surface area contributed by atoms with Crippen molar-refractivity contribution in [2.45, 2.75) is 30.3 Å². The largest absolute Gasteiger partial charge is 0.465 e. The maximum Gasteiger partial charge on any atom is 0.407 e. The van der Waals surface area contributed by atoms with E-state index in [-0.39, 0.29) is 30.9 Å². The van der Waals surface area contributed by atoms with Gasteiger partial charge < -0.3 is 19.6 Å². The molecule has 0 radical (unpaired) electrons.